The number of anilines is 1. The lowest BCUT2D eigenvalue weighted by Gasteiger charge is -2.16. The van der Waals surface area contributed by atoms with E-state index in [0.717, 1.165) is 5.57 Å². The molecule has 4 heteroatoms. The van der Waals surface area contributed by atoms with Gasteiger partial charge in [-0.1, -0.05) is 12.2 Å². The summed E-state index contributed by atoms with van der Waals surface area (Å²) in [6.45, 7) is 6.22. The molecule has 0 bridgehead atoms. The fourth-order valence-corrected chi connectivity index (χ4v) is 1.95. The Hall–Kier alpha value is -1.29. The molecular formula is C10H14N2OS. The van der Waals surface area contributed by atoms with E-state index in [0.29, 0.717) is 17.1 Å². The highest BCUT2D eigenvalue weighted by molar-refractivity contribution is 7.12. The second kappa shape index (κ2) is 4.28. The predicted molar refractivity (Wildman–Crippen MR) is 60.5 cm³/mol. The van der Waals surface area contributed by atoms with Crippen molar-refractivity contribution >= 4 is 22.9 Å². The van der Waals surface area contributed by atoms with Crippen LogP contribution in [0.1, 0.15) is 16.6 Å². The standard InChI is InChI=1S/C10H14N2OS/c1-7(2)6-12(3)10(13)9-8(11)4-5-14-9/h4-5H,1,6,11H2,2-3H3. The normalized spacial score (nSPS) is 9.86. The van der Waals surface area contributed by atoms with Gasteiger partial charge in [-0.25, -0.2) is 0 Å². The van der Waals surface area contributed by atoms with Crippen LogP contribution in [0.2, 0.25) is 0 Å². The molecule has 3 nitrogen and oxygen atoms in total. The lowest BCUT2D eigenvalue weighted by atomic mass is 10.3. The minimum Gasteiger partial charge on any atom is -0.397 e. The summed E-state index contributed by atoms with van der Waals surface area (Å²) >= 11 is 1.37. The third-order valence-electron chi connectivity index (χ3n) is 1.74. The van der Waals surface area contributed by atoms with Gasteiger partial charge in [-0.3, -0.25) is 4.79 Å². The molecule has 0 atom stereocenters. The van der Waals surface area contributed by atoms with E-state index in [4.69, 9.17) is 5.73 Å². The second-order valence-corrected chi connectivity index (χ2v) is 4.24. The van der Waals surface area contributed by atoms with E-state index in [1.165, 1.54) is 11.3 Å². The van der Waals surface area contributed by atoms with Crippen LogP contribution in [0, 0.1) is 0 Å². The molecule has 1 aromatic heterocycles. The lowest BCUT2D eigenvalue weighted by Crippen LogP contribution is -2.27. The fourth-order valence-electron chi connectivity index (χ4n) is 1.14. The van der Waals surface area contributed by atoms with Gasteiger partial charge < -0.3 is 10.6 Å². The van der Waals surface area contributed by atoms with Crippen LogP contribution in [0.3, 0.4) is 0 Å². The van der Waals surface area contributed by atoms with Gasteiger partial charge in [0.1, 0.15) is 4.88 Å². The van der Waals surface area contributed by atoms with Crippen LogP contribution in [0.15, 0.2) is 23.6 Å². The molecule has 1 amide bonds. The summed E-state index contributed by atoms with van der Waals surface area (Å²) in [6, 6.07) is 1.74. The highest BCUT2D eigenvalue weighted by Crippen LogP contribution is 2.20. The third kappa shape index (κ3) is 2.35. The maximum atomic E-state index is 11.8. The van der Waals surface area contributed by atoms with Gasteiger partial charge in [-0.05, 0) is 18.4 Å². The van der Waals surface area contributed by atoms with Gasteiger partial charge in [0.2, 0.25) is 0 Å². The number of amides is 1. The highest BCUT2D eigenvalue weighted by atomic mass is 32.1. The quantitative estimate of drug-likeness (QED) is 0.775. The van der Waals surface area contributed by atoms with E-state index in [9.17, 15) is 4.79 Å². The summed E-state index contributed by atoms with van der Waals surface area (Å²) in [7, 11) is 1.75. The van der Waals surface area contributed by atoms with Crippen LogP contribution in [0.4, 0.5) is 5.69 Å². The molecule has 0 radical (unpaired) electrons. The number of rotatable bonds is 3. The first-order valence-electron chi connectivity index (χ1n) is 4.25. The Kier molecular flexibility index (Phi) is 3.30. The number of nitrogens with zero attached hydrogens (tertiary/aromatic N) is 1. The van der Waals surface area contributed by atoms with Gasteiger partial charge in [0, 0.05) is 13.6 Å². The van der Waals surface area contributed by atoms with Crippen LogP contribution in [0.5, 0.6) is 0 Å². The van der Waals surface area contributed by atoms with E-state index >= 15 is 0 Å². The zero-order valence-corrected chi connectivity index (χ0v) is 9.23. The number of carbonyl (C=O) groups excluding carboxylic acids is 1. The van der Waals surface area contributed by atoms with Crippen LogP contribution in [-0.4, -0.2) is 24.4 Å². The van der Waals surface area contributed by atoms with Crippen molar-refractivity contribution in [2.24, 2.45) is 0 Å². The monoisotopic (exact) mass is 210 g/mol. The molecule has 0 aliphatic heterocycles. The van der Waals surface area contributed by atoms with Crippen molar-refractivity contribution in [3.8, 4) is 0 Å². The maximum Gasteiger partial charge on any atom is 0.266 e. The van der Waals surface area contributed by atoms with Crippen molar-refractivity contribution in [3.05, 3.63) is 28.5 Å². The molecule has 0 aliphatic rings. The Labute approximate surface area is 87.8 Å². The van der Waals surface area contributed by atoms with Crippen LogP contribution in [0.25, 0.3) is 0 Å². The molecule has 0 aromatic carbocycles. The van der Waals surface area contributed by atoms with Crippen molar-refractivity contribution in [1.82, 2.24) is 4.90 Å². The zero-order valence-electron chi connectivity index (χ0n) is 8.41. The number of likely N-dealkylation sites (N-methyl/N-ethyl adjacent to an activating group) is 1. The predicted octanol–water partition coefficient (Wildman–Crippen LogP) is 1.98. The second-order valence-electron chi connectivity index (χ2n) is 3.32. The average molecular weight is 210 g/mol. The number of nitrogen functional groups attached to an aromatic ring is 1. The topological polar surface area (TPSA) is 46.3 Å². The van der Waals surface area contributed by atoms with Crippen molar-refractivity contribution in [3.63, 3.8) is 0 Å². The largest absolute Gasteiger partial charge is 0.397 e. The van der Waals surface area contributed by atoms with Crippen molar-refractivity contribution in [2.75, 3.05) is 19.3 Å². The summed E-state index contributed by atoms with van der Waals surface area (Å²) in [5, 5.41) is 1.82. The molecule has 1 heterocycles. The third-order valence-corrected chi connectivity index (χ3v) is 2.66. The van der Waals surface area contributed by atoms with E-state index in [2.05, 4.69) is 6.58 Å². The number of hydrogen-bond acceptors (Lipinski definition) is 3. The van der Waals surface area contributed by atoms with Gasteiger partial charge in [0.05, 0.1) is 5.69 Å². The van der Waals surface area contributed by atoms with Gasteiger partial charge in [0.25, 0.3) is 5.91 Å². The average Bonchev–Trinajstić information content (AvgIpc) is 2.48. The molecule has 0 aliphatic carbocycles. The summed E-state index contributed by atoms with van der Waals surface area (Å²) < 4.78 is 0. The van der Waals surface area contributed by atoms with E-state index < -0.39 is 0 Å². The van der Waals surface area contributed by atoms with Crippen LogP contribution >= 0.6 is 11.3 Å². The van der Waals surface area contributed by atoms with E-state index in [-0.39, 0.29) is 5.91 Å². The minimum atomic E-state index is -0.0412. The molecule has 14 heavy (non-hydrogen) atoms. The molecule has 2 N–H and O–H groups in total. The molecule has 0 spiro atoms. The maximum absolute atomic E-state index is 11.8. The Balaban J connectivity index is 2.76. The molecular weight excluding hydrogens is 196 g/mol. The molecule has 0 saturated carbocycles. The van der Waals surface area contributed by atoms with Crippen LogP contribution < -0.4 is 5.73 Å². The molecule has 0 fully saturated rings. The van der Waals surface area contributed by atoms with Gasteiger partial charge in [-0.2, -0.15) is 0 Å². The molecule has 1 rings (SSSR count). The summed E-state index contributed by atoms with van der Waals surface area (Å²) in [4.78, 5) is 14.0. The first-order chi connectivity index (χ1) is 6.52. The van der Waals surface area contributed by atoms with Crippen molar-refractivity contribution < 1.29 is 4.79 Å². The Bertz CT molecular complexity index is 357. The Morgan fingerprint density at radius 2 is 2.36 bits per heavy atom. The first-order valence-corrected chi connectivity index (χ1v) is 5.13. The van der Waals surface area contributed by atoms with Crippen molar-refractivity contribution in [1.29, 1.82) is 0 Å². The van der Waals surface area contributed by atoms with Crippen molar-refractivity contribution in [2.45, 2.75) is 6.92 Å². The Morgan fingerprint density at radius 3 is 2.79 bits per heavy atom. The van der Waals surface area contributed by atoms with Gasteiger partial charge >= 0.3 is 0 Å². The highest BCUT2D eigenvalue weighted by Gasteiger charge is 2.15. The van der Waals surface area contributed by atoms with E-state index in [1.807, 2.05) is 12.3 Å². The minimum absolute atomic E-state index is 0.0412. The number of nitrogens with two attached hydrogens (primary N) is 1. The summed E-state index contributed by atoms with van der Waals surface area (Å²) in [5.74, 6) is -0.0412. The zero-order chi connectivity index (χ0) is 10.7. The first kappa shape index (κ1) is 10.8. The number of thiophene rings is 1. The van der Waals surface area contributed by atoms with Crippen LogP contribution in [-0.2, 0) is 0 Å². The molecule has 1 aromatic rings. The SMILES string of the molecule is C=C(C)CN(C)C(=O)c1sccc1N. The summed E-state index contributed by atoms with van der Waals surface area (Å²) in [5.41, 5.74) is 7.15. The fraction of sp³-hybridized carbons (Fsp3) is 0.300. The van der Waals surface area contributed by atoms with E-state index in [1.54, 1.807) is 18.0 Å². The summed E-state index contributed by atoms with van der Waals surface area (Å²) in [6.07, 6.45) is 0. The molecule has 0 unspecified atom stereocenters. The smallest absolute Gasteiger partial charge is 0.266 e. The van der Waals surface area contributed by atoms with Gasteiger partial charge in [0.15, 0.2) is 0 Å². The lowest BCUT2D eigenvalue weighted by molar-refractivity contribution is 0.0812. The number of carbonyl (C=O) groups is 1. The molecule has 76 valence electrons. The van der Waals surface area contributed by atoms with Gasteiger partial charge in [-0.15, -0.1) is 11.3 Å². The Morgan fingerprint density at radius 1 is 1.71 bits per heavy atom. The molecule has 0 saturated heterocycles. The number of hydrogen-bond donors (Lipinski definition) is 1.